The van der Waals surface area contributed by atoms with Crippen LogP contribution in [0.25, 0.3) is 11.3 Å². The first-order chi connectivity index (χ1) is 13.3. The zero-order chi connectivity index (χ0) is 20.7. The molecule has 0 saturated heterocycles. The monoisotopic (exact) mass is 394 g/mol. The van der Waals surface area contributed by atoms with E-state index in [2.05, 4.69) is 20.9 Å². The van der Waals surface area contributed by atoms with E-state index in [1.165, 1.54) is 19.2 Å². The summed E-state index contributed by atoms with van der Waals surface area (Å²) in [5.41, 5.74) is -0.218. The van der Waals surface area contributed by atoms with Crippen molar-refractivity contribution in [3.05, 3.63) is 53.7 Å². The number of rotatable bonds is 7. The lowest BCUT2D eigenvalue weighted by atomic mass is 10.0. The Labute approximate surface area is 158 Å². The van der Waals surface area contributed by atoms with Crippen LogP contribution in [0.5, 0.6) is 0 Å². The topological polar surface area (TPSA) is 100 Å². The largest absolute Gasteiger partial charge is 0.417 e. The molecule has 7 nitrogen and oxygen atoms in total. The minimum absolute atomic E-state index is 0.163. The highest BCUT2D eigenvalue weighted by molar-refractivity contribution is 6.00. The molecule has 2 rings (SSSR count). The summed E-state index contributed by atoms with van der Waals surface area (Å²) < 4.78 is 38.1. The number of likely N-dealkylation sites (N-methyl/N-ethyl adjacent to an activating group) is 1. The van der Waals surface area contributed by atoms with Crippen LogP contribution in [0.15, 0.2) is 42.6 Å². The number of halogens is 3. The average molecular weight is 394 g/mol. The van der Waals surface area contributed by atoms with Crippen molar-refractivity contribution in [3.63, 3.8) is 0 Å². The summed E-state index contributed by atoms with van der Waals surface area (Å²) in [4.78, 5) is 38.6. The third kappa shape index (κ3) is 5.06. The van der Waals surface area contributed by atoms with Gasteiger partial charge in [0.25, 0.3) is 5.91 Å². The van der Waals surface area contributed by atoms with Gasteiger partial charge in [0.05, 0.1) is 11.3 Å². The average Bonchev–Trinajstić information content (AvgIpc) is 2.69. The summed E-state index contributed by atoms with van der Waals surface area (Å²) in [6, 6.07) is 7.32. The number of amides is 3. The maximum Gasteiger partial charge on any atom is 0.417 e. The van der Waals surface area contributed by atoms with Gasteiger partial charge >= 0.3 is 6.18 Å². The molecule has 1 aromatic heterocycles. The van der Waals surface area contributed by atoms with Crippen LogP contribution in [0.2, 0.25) is 0 Å². The van der Waals surface area contributed by atoms with Crippen LogP contribution in [-0.2, 0) is 15.8 Å². The molecule has 10 heteroatoms. The molecule has 1 heterocycles. The van der Waals surface area contributed by atoms with Crippen LogP contribution in [0.4, 0.5) is 13.2 Å². The van der Waals surface area contributed by atoms with Gasteiger partial charge in [-0.3, -0.25) is 19.4 Å². The van der Waals surface area contributed by atoms with E-state index in [9.17, 15) is 27.6 Å². The normalized spacial score (nSPS) is 12.0. The second-order valence-electron chi connectivity index (χ2n) is 5.64. The minimum Gasteiger partial charge on any atom is -0.357 e. The smallest absolute Gasteiger partial charge is 0.357 e. The first kappa shape index (κ1) is 20.9. The second-order valence-corrected chi connectivity index (χ2v) is 5.64. The Balaban J connectivity index is 2.22. The molecule has 0 aliphatic rings. The van der Waals surface area contributed by atoms with Crippen LogP contribution in [0, 0.1) is 0 Å². The molecule has 0 radical (unpaired) electrons. The molecule has 2 aromatic rings. The highest BCUT2D eigenvalue weighted by atomic mass is 19.4. The van der Waals surface area contributed by atoms with Crippen molar-refractivity contribution >= 4 is 18.2 Å². The molecule has 0 aliphatic carbocycles. The van der Waals surface area contributed by atoms with Gasteiger partial charge in [0.2, 0.25) is 12.3 Å². The molecule has 3 amide bonds. The molecule has 1 aromatic carbocycles. The predicted molar refractivity (Wildman–Crippen MR) is 94.1 cm³/mol. The van der Waals surface area contributed by atoms with Crippen molar-refractivity contribution in [3.8, 4) is 11.3 Å². The van der Waals surface area contributed by atoms with E-state index >= 15 is 0 Å². The third-order valence-corrected chi connectivity index (χ3v) is 3.84. The van der Waals surface area contributed by atoms with Crippen LogP contribution < -0.4 is 16.0 Å². The molecular formula is C18H17F3N4O3. The molecule has 0 spiro atoms. The van der Waals surface area contributed by atoms with Gasteiger partial charge in [-0.25, -0.2) is 0 Å². The lowest BCUT2D eigenvalue weighted by Crippen LogP contribution is -2.49. The second kappa shape index (κ2) is 8.98. The van der Waals surface area contributed by atoms with Crippen molar-refractivity contribution in [1.82, 2.24) is 20.9 Å². The molecule has 1 atom stereocenters. The highest BCUT2D eigenvalue weighted by Gasteiger charge is 2.30. The van der Waals surface area contributed by atoms with Gasteiger partial charge in [0.1, 0.15) is 6.04 Å². The van der Waals surface area contributed by atoms with Gasteiger partial charge in [0.15, 0.2) is 0 Å². The number of carbonyl (C=O) groups excluding carboxylic acids is 3. The molecule has 3 N–H and O–H groups in total. The molecule has 28 heavy (non-hydrogen) atoms. The summed E-state index contributed by atoms with van der Waals surface area (Å²) in [6.07, 6.45) is -3.48. The number of alkyl halides is 3. The Morgan fingerprint density at radius 2 is 1.89 bits per heavy atom. The van der Waals surface area contributed by atoms with Gasteiger partial charge in [0, 0.05) is 30.9 Å². The lowest BCUT2D eigenvalue weighted by Gasteiger charge is -2.16. The SMILES string of the molecule is CNC(=O)C(CNC(=O)c1ccccc1-c1ccc(C(F)(F)F)cn1)NC=O. The summed E-state index contributed by atoms with van der Waals surface area (Å²) >= 11 is 0. The summed E-state index contributed by atoms with van der Waals surface area (Å²) in [6.45, 7) is -0.175. The molecule has 0 fully saturated rings. The summed E-state index contributed by atoms with van der Waals surface area (Å²) in [5, 5.41) is 7.15. The number of benzene rings is 1. The van der Waals surface area contributed by atoms with E-state index in [4.69, 9.17) is 0 Å². The number of hydrogen-bond donors (Lipinski definition) is 3. The molecule has 0 saturated carbocycles. The van der Waals surface area contributed by atoms with Crippen molar-refractivity contribution in [2.75, 3.05) is 13.6 Å². The number of nitrogens with zero attached hydrogens (tertiary/aromatic N) is 1. The Morgan fingerprint density at radius 1 is 1.18 bits per heavy atom. The van der Waals surface area contributed by atoms with Crippen LogP contribution in [-0.4, -0.2) is 42.8 Å². The van der Waals surface area contributed by atoms with E-state index < -0.39 is 29.6 Å². The van der Waals surface area contributed by atoms with Crippen molar-refractivity contribution in [2.24, 2.45) is 0 Å². The Hall–Kier alpha value is -3.43. The van der Waals surface area contributed by atoms with E-state index in [1.807, 2.05) is 0 Å². The maximum absolute atomic E-state index is 12.7. The van der Waals surface area contributed by atoms with E-state index in [0.29, 0.717) is 18.2 Å². The van der Waals surface area contributed by atoms with E-state index in [-0.39, 0.29) is 17.8 Å². The molecule has 148 valence electrons. The Kier molecular flexibility index (Phi) is 6.69. The summed E-state index contributed by atoms with van der Waals surface area (Å²) in [7, 11) is 1.38. The van der Waals surface area contributed by atoms with Crippen molar-refractivity contribution < 1.29 is 27.6 Å². The molecular weight excluding hydrogens is 377 g/mol. The minimum atomic E-state index is -4.51. The number of hydrogen-bond acceptors (Lipinski definition) is 4. The molecule has 0 aliphatic heterocycles. The van der Waals surface area contributed by atoms with Gasteiger partial charge in [-0.05, 0) is 18.2 Å². The number of nitrogens with one attached hydrogen (secondary N) is 3. The van der Waals surface area contributed by atoms with Crippen LogP contribution in [0.3, 0.4) is 0 Å². The number of carbonyl (C=O) groups is 3. The third-order valence-electron chi connectivity index (χ3n) is 3.84. The number of pyridine rings is 1. The van der Waals surface area contributed by atoms with E-state index in [1.54, 1.807) is 18.2 Å². The lowest BCUT2D eigenvalue weighted by molar-refractivity contribution is -0.137. The molecule has 0 bridgehead atoms. The van der Waals surface area contributed by atoms with Crippen LogP contribution in [0.1, 0.15) is 15.9 Å². The number of aromatic nitrogens is 1. The summed E-state index contributed by atoms with van der Waals surface area (Å²) in [5.74, 6) is -1.07. The quantitative estimate of drug-likeness (QED) is 0.618. The zero-order valence-corrected chi connectivity index (χ0v) is 14.7. The Morgan fingerprint density at radius 3 is 2.46 bits per heavy atom. The predicted octanol–water partition coefficient (Wildman–Crippen LogP) is 1.36. The van der Waals surface area contributed by atoms with Crippen molar-refractivity contribution in [1.29, 1.82) is 0 Å². The zero-order valence-electron chi connectivity index (χ0n) is 14.7. The fourth-order valence-electron chi connectivity index (χ4n) is 2.40. The Bertz CT molecular complexity index is 854. The fraction of sp³-hybridized carbons (Fsp3) is 0.222. The van der Waals surface area contributed by atoms with E-state index in [0.717, 1.165) is 6.07 Å². The maximum atomic E-state index is 12.7. The first-order valence-electron chi connectivity index (χ1n) is 8.10. The van der Waals surface area contributed by atoms with Gasteiger partial charge in [-0.1, -0.05) is 18.2 Å². The van der Waals surface area contributed by atoms with Crippen LogP contribution >= 0.6 is 0 Å². The standard InChI is InChI=1S/C18H17F3N4O3/c1-22-17(28)15(25-10-26)9-24-16(27)13-5-3-2-4-12(13)14-7-6-11(8-23-14)18(19,20)21/h2-8,10,15H,9H2,1H3,(H,22,28)(H,24,27)(H,25,26). The van der Waals surface area contributed by atoms with Crippen molar-refractivity contribution in [2.45, 2.75) is 12.2 Å². The fourth-order valence-corrected chi connectivity index (χ4v) is 2.40. The van der Waals surface area contributed by atoms with Gasteiger partial charge < -0.3 is 16.0 Å². The highest BCUT2D eigenvalue weighted by Crippen LogP contribution is 2.30. The molecule has 1 unspecified atom stereocenters. The van der Waals surface area contributed by atoms with Gasteiger partial charge in [-0.2, -0.15) is 13.2 Å². The van der Waals surface area contributed by atoms with Gasteiger partial charge in [-0.15, -0.1) is 0 Å². The first-order valence-corrected chi connectivity index (χ1v) is 8.10.